The number of carbonyl (C=O) groups excluding carboxylic acids is 2. The summed E-state index contributed by atoms with van der Waals surface area (Å²) in [7, 11) is 3.60. The smallest absolute Gasteiger partial charge is 0.292 e. The third-order valence-corrected chi connectivity index (χ3v) is 5.39. The lowest BCUT2D eigenvalue weighted by Gasteiger charge is -2.22. The van der Waals surface area contributed by atoms with Crippen LogP contribution in [0, 0.1) is 5.92 Å². The number of likely N-dealkylation sites (N-methyl/N-ethyl adjacent to an activating group) is 1. The quantitative estimate of drug-likeness (QED) is 0.895. The van der Waals surface area contributed by atoms with Crippen LogP contribution in [0.2, 0.25) is 0 Å². The molecule has 1 aliphatic heterocycles. The first-order valence-electron chi connectivity index (χ1n) is 9.24. The minimum Gasteiger partial charge on any atom is -0.359 e. The summed E-state index contributed by atoms with van der Waals surface area (Å²) < 4.78 is 5.37. The Bertz CT molecular complexity index is 609. The van der Waals surface area contributed by atoms with Gasteiger partial charge in [-0.05, 0) is 19.9 Å². The van der Waals surface area contributed by atoms with Crippen molar-refractivity contribution in [1.82, 2.24) is 20.3 Å². The van der Waals surface area contributed by atoms with Gasteiger partial charge >= 0.3 is 0 Å². The van der Waals surface area contributed by atoms with Crippen LogP contribution in [0.4, 0.5) is 0 Å². The average Bonchev–Trinajstić information content (AvgIpc) is 3.05. The highest BCUT2D eigenvalue weighted by molar-refractivity contribution is 5.92. The summed E-state index contributed by atoms with van der Waals surface area (Å²) in [4.78, 5) is 28.7. The lowest BCUT2D eigenvalue weighted by atomic mass is 9.87. The summed E-state index contributed by atoms with van der Waals surface area (Å²) in [5.74, 6) is 0.265. The number of nitrogens with one attached hydrogen (secondary N) is 1. The number of hydrogen-bond acceptors (Lipinski definition) is 5. The predicted molar refractivity (Wildman–Crippen MR) is 93.3 cm³/mol. The fourth-order valence-electron chi connectivity index (χ4n) is 3.86. The zero-order chi connectivity index (χ0) is 17.8. The van der Waals surface area contributed by atoms with Crippen molar-refractivity contribution < 1.29 is 14.1 Å². The van der Waals surface area contributed by atoms with E-state index in [4.69, 9.17) is 4.52 Å². The molecule has 3 rings (SSSR count). The van der Waals surface area contributed by atoms with Crippen molar-refractivity contribution in [3.05, 3.63) is 17.5 Å². The van der Waals surface area contributed by atoms with Crippen LogP contribution in [0.5, 0.6) is 0 Å². The number of amides is 2. The van der Waals surface area contributed by atoms with Crippen LogP contribution >= 0.6 is 0 Å². The van der Waals surface area contributed by atoms with Crippen molar-refractivity contribution in [2.24, 2.45) is 5.92 Å². The fraction of sp³-hybridized carbons (Fsp3) is 0.722. The highest BCUT2D eigenvalue weighted by Crippen LogP contribution is 2.32. The summed E-state index contributed by atoms with van der Waals surface area (Å²) in [6.07, 6.45) is 5.95. The molecule has 2 heterocycles. The van der Waals surface area contributed by atoms with Gasteiger partial charge in [-0.25, -0.2) is 0 Å². The van der Waals surface area contributed by atoms with Crippen molar-refractivity contribution in [3.63, 3.8) is 0 Å². The predicted octanol–water partition coefficient (Wildman–Crippen LogP) is 1.47. The molecule has 1 saturated heterocycles. The molecule has 1 N–H and O–H groups in total. The molecule has 0 spiro atoms. The standard InChI is InChI=1S/C18H28N4O3/c1-19-17(23)14-11-21(2)8-9-22(12-14)18(24)16-10-15(20-25-16)13-6-4-3-5-7-13/h10,13-14H,3-9,11-12H2,1-2H3,(H,19,23)/t14-/m1/s1. The molecule has 1 aromatic rings. The minimum atomic E-state index is -0.234. The molecule has 1 aromatic heterocycles. The van der Waals surface area contributed by atoms with Crippen LogP contribution < -0.4 is 5.32 Å². The van der Waals surface area contributed by atoms with Gasteiger partial charge in [0.15, 0.2) is 0 Å². The third-order valence-electron chi connectivity index (χ3n) is 5.39. The van der Waals surface area contributed by atoms with Crippen LogP contribution in [-0.2, 0) is 4.79 Å². The maximum absolute atomic E-state index is 12.9. The summed E-state index contributed by atoms with van der Waals surface area (Å²) >= 11 is 0. The van der Waals surface area contributed by atoms with Gasteiger partial charge < -0.3 is 19.6 Å². The fourth-order valence-corrected chi connectivity index (χ4v) is 3.86. The summed E-state index contributed by atoms with van der Waals surface area (Å²) in [5.41, 5.74) is 0.901. The molecule has 0 aromatic carbocycles. The highest BCUT2D eigenvalue weighted by Gasteiger charge is 2.31. The summed E-state index contributed by atoms with van der Waals surface area (Å²) in [6, 6.07) is 1.81. The van der Waals surface area contributed by atoms with Crippen LogP contribution in [0.3, 0.4) is 0 Å². The zero-order valence-corrected chi connectivity index (χ0v) is 15.2. The van der Waals surface area contributed by atoms with Crippen LogP contribution in [0.1, 0.15) is 54.3 Å². The molecule has 2 amide bonds. The second kappa shape index (κ2) is 7.99. The van der Waals surface area contributed by atoms with Crippen molar-refractivity contribution in [3.8, 4) is 0 Å². The number of aromatic nitrogens is 1. The summed E-state index contributed by atoms with van der Waals surface area (Å²) in [5, 5.41) is 6.84. The molecule has 138 valence electrons. The van der Waals surface area contributed by atoms with Gasteiger partial charge in [0.25, 0.3) is 5.91 Å². The molecule has 0 bridgehead atoms. The van der Waals surface area contributed by atoms with E-state index in [1.54, 1.807) is 11.9 Å². The second-order valence-corrected chi connectivity index (χ2v) is 7.28. The van der Waals surface area contributed by atoms with Gasteiger partial charge in [-0.3, -0.25) is 9.59 Å². The first-order chi connectivity index (χ1) is 12.1. The number of rotatable bonds is 3. The lowest BCUT2D eigenvalue weighted by Crippen LogP contribution is -2.41. The van der Waals surface area contributed by atoms with E-state index in [-0.39, 0.29) is 17.7 Å². The topological polar surface area (TPSA) is 78.7 Å². The Labute approximate surface area is 148 Å². The van der Waals surface area contributed by atoms with Gasteiger partial charge in [0, 0.05) is 45.2 Å². The molecular weight excluding hydrogens is 320 g/mol. The maximum Gasteiger partial charge on any atom is 0.292 e. The van der Waals surface area contributed by atoms with E-state index in [0.717, 1.165) is 25.1 Å². The van der Waals surface area contributed by atoms with Crippen LogP contribution in [-0.4, -0.2) is 67.0 Å². The van der Waals surface area contributed by atoms with Crippen molar-refractivity contribution in [1.29, 1.82) is 0 Å². The van der Waals surface area contributed by atoms with Gasteiger partial charge in [-0.15, -0.1) is 0 Å². The van der Waals surface area contributed by atoms with Gasteiger partial charge in [-0.2, -0.15) is 0 Å². The molecule has 2 aliphatic rings. The molecule has 2 fully saturated rings. The molecular formula is C18H28N4O3. The van der Waals surface area contributed by atoms with E-state index in [2.05, 4.69) is 15.4 Å². The van der Waals surface area contributed by atoms with Gasteiger partial charge in [0.1, 0.15) is 0 Å². The Balaban J connectivity index is 1.70. The Kier molecular flexibility index (Phi) is 5.73. The Morgan fingerprint density at radius 3 is 2.68 bits per heavy atom. The van der Waals surface area contributed by atoms with Crippen molar-refractivity contribution in [2.75, 3.05) is 40.3 Å². The number of carbonyl (C=O) groups is 2. The highest BCUT2D eigenvalue weighted by atomic mass is 16.5. The monoisotopic (exact) mass is 348 g/mol. The molecule has 1 saturated carbocycles. The number of nitrogens with zero attached hydrogens (tertiary/aromatic N) is 3. The Morgan fingerprint density at radius 2 is 1.96 bits per heavy atom. The van der Waals surface area contributed by atoms with E-state index >= 15 is 0 Å². The molecule has 1 aliphatic carbocycles. The average molecular weight is 348 g/mol. The zero-order valence-electron chi connectivity index (χ0n) is 15.2. The van der Waals surface area contributed by atoms with E-state index in [1.807, 2.05) is 13.1 Å². The molecule has 0 unspecified atom stereocenters. The van der Waals surface area contributed by atoms with Gasteiger partial charge in [-0.1, -0.05) is 24.4 Å². The molecule has 25 heavy (non-hydrogen) atoms. The van der Waals surface area contributed by atoms with E-state index in [0.29, 0.717) is 31.3 Å². The van der Waals surface area contributed by atoms with Crippen molar-refractivity contribution >= 4 is 11.8 Å². The molecule has 7 nitrogen and oxygen atoms in total. The molecule has 1 atom stereocenters. The van der Waals surface area contributed by atoms with Crippen LogP contribution in [0.25, 0.3) is 0 Å². The van der Waals surface area contributed by atoms with Gasteiger partial charge in [0.05, 0.1) is 11.6 Å². The maximum atomic E-state index is 12.9. The second-order valence-electron chi connectivity index (χ2n) is 7.28. The van der Waals surface area contributed by atoms with E-state index in [9.17, 15) is 9.59 Å². The first kappa shape index (κ1) is 17.9. The van der Waals surface area contributed by atoms with Gasteiger partial charge in [0.2, 0.25) is 11.7 Å². The number of hydrogen-bond donors (Lipinski definition) is 1. The first-order valence-corrected chi connectivity index (χ1v) is 9.24. The largest absolute Gasteiger partial charge is 0.359 e. The Hall–Kier alpha value is -1.89. The Morgan fingerprint density at radius 1 is 1.20 bits per heavy atom. The minimum absolute atomic E-state index is 0.0352. The SMILES string of the molecule is CNC(=O)[C@@H]1CN(C)CCN(C(=O)c2cc(C3CCCCC3)no2)C1. The van der Waals surface area contributed by atoms with E-state index in [1.165, 1.54) is 19.3 Å². The summed E-state index contributed by atoms with van der Waals surface area (Å²) in [6.45, 7) is 2.38. The van der Waals surface area contributed by atoms with Crippen molar-refractivity contribution in [2.45, 2.75) is 38.0 Å². The normalized spacial score (nSPS) is 23.3. The molecule has 0 radical (unpaired) electrons. The van der Waals surface area contributed by atoms with E-state index < -0.39 is 0 Å². The third kappa shape index (κ3) is 4.21. The lowest BCUT2D eigenvalue weighted by molar-refractivity contribution is -0.125. The molecule has 7 heteroatoms. The van der Waals surface area contributed by atoms with Crippen LogP contribution in [0.15, 0.2) is 10.6 Å².